The number of hydrogen-bond donors (Lipinski definition) is 2. The molecule has 0 aliphatic rings. The topological polar surface area (TPSA) is 63.5 Å². The zero-order chi connectivity index (χ0) is 18.8. The molecule has 4 rings (SSSR count). The summed E-state index contributed by atoms with van der Waals surface area (Å²) in [6.45, 7) is 2.16. The van der Waals surface area contributed by atoms with Gasteiger partial charge in [-0.1, -0.05) is 36.4 Å². The molecule has 27 heavy (non-hydrogen) atoms. The number of nitrogens with one attached hydrogen (secondary N) is 2. The lowest BCUT2D eigenvalue weighted by Crippen LogP contribution is -2.22. The summed E-state index contributed by atoms with van der Waals surface area (Å²) in [4.78, 5) is 12.4. The molecule has 1 amide bonds. The van der Waals surface area contributed by atoms with Crippen molar-refractivity contribution in [2.45, 2.75) is 6.92 Å². The zero-order valence-corrected chi connectivity index (χ0v) is 15.2. The van der Waals surface area contributed by atoms with Gasteiger partial charge in [0.15, 0.2) is 0 Å². The van der Waals surface area contributed by atoms with Crippen LogP contribution in [0.2, 0.25) is 0 Å². The summed E-state index contributed by atoms with van der Waals surface area (Å²) in [5.41, 5.74) is 4.12. The van der Waals surface area contributed by atoms with Crippen molar-refractivity contribution in [1.82, 2.24) is 0 Å². The van der Waals surface area contributed by atoms with E-state index in [0.29, 0.717) is 17.0 Å². The molecule has 2 N–H and O–H groups in total. The lowest BCUT2D eigenvalue weighted by Gasteiger charge is -2.12. The fraction of sp³-hybridized carbons (Fsp3) is 0.136. The number of para-hydroxylation sites is 2. The van der Waals surface area contributed by atoms with E-state index in [9.17, 15) is 4.79 Å². The van der Waals surface area contributed by atoms with Crippen LogP contribution < -0.4 is 15.4 Å². The van der Waals surface area contributed by atoms with Gasteiger partial charge in [-0.25, -0.2) is 0 Å². The molecule has 0 saturated carbocycles. The summed E-state index contributed by atoms with van der Waals surface area (Å²) in [6, 6.07) is 19.4. The highest BCUT2D eigenvalue weighted by Gasteiger charge is 2.14. The minimum Gasteiger partial charge on any atom is -0.495 e. The van der Waals surface area contributed by atoms with Crippen molar-refractivity contribution in [3.63, 3.8) is 0 Å². The minimum absolute atomic E-state index is 0.159. The van der Waals surface area contributed by atoms with Gasteiger partial charge >= 0.3 is 0 Å². The number of methoxy groups -OCH3 is 1. The molecule has 0 bridgehead atoms. The van der Waals surface area contributed by atoms with Crippen LogP contribution in [0, 0.1) is 6.92 Å². The lowest BCUT2D eigenvalue weighted by atomic mass is 10.1. The molecule has 0 fully saturated rings. The average Bonchev–Trinajstić information content (AvgIpc) is 3.04. The van der Waals surface area contributed by atoms with Crippen LogP contribution in [0.3, 0.4) is 0 Å². The summed E-state index contributed by atoms with van der Waals surface area (Å²) in [5.74, 6) is 0.435. The van der Waals surface area contributed by atoms with E-state index in [0.717, 1.165) is 27.6 Å². The number of carbonyl (C=O) groups excluding carboxylic acids is 1. The summed E-state index contributed by atoms with van der Waals surface area (Å²) < 4.78 is 11.4. The standard InChI is InChI=1S/C22H20N2O3/c1-14-7-3-5-9-17(14)23-13-22(25)24-18-12-20-16(11-21(18)26-2)15-8-4-6-10-19(15)27-20/h3-12,23H,13H2,1-2H3,(H,24,25). The van der Waals surface area contributed by atoms with Crippen molar-refractivity contribution in [2.24, 2.45) is 0 Å². The fourth-order valence-electron chi connectivity index (χ4n) is 3.16. The molecule has 5 heteroatoms. The molecule has 0 aliphatic heterocycles. The van der Waals surface area contributed by atoms with E-state index in [4.69, 9.17) is 9.15 Å². The Morgan fingerprint density at radius 1 is 0.963 bits per heavy atom. The molecule has 0 saturated heterocycles. The number of ether oxygens (including phenoxy) is 1. The van der Waals surface area contributed by atoms with Crippen LogP contribution >= 0.6 is 0 Å². The smallest absolute Gasteiger partial charge is 0.243 e. The number of benzene rings is 3. The summed E-state index contributed by atoms with van der Waals surface area (Å²) >= 11 is 0. The number of rotatable bonds is 5. The normalized spacial score (nSPS) is 10.9. The van der Waals surface area contributed by atoms with Gasteiger partial charge in [0.25, 0.3) is 0 Å². The predicted octanol–water partition coefficient (Wildman–Crippen LogP) is 4.95. The van der Waals surface area contributed by atoms with E-state index < -0.39 is 0 Å². The van der Waals surface area contributed by atoms with Crippen molar-refractivity contribution in [3.8, 4) is 5.75 Å². The van der Waals surface area contributed by atoms with Crippen LogP contribution in [0.25, 0.3) is 21.9 Å². The Morgan fingerprint density at radius 3 is 2.56 bits per heavy atom. The predicted molar refractivity (Wildman–Crippen MR) is 109 cm³/mol. The second-order valence-corrected chi connectivity index (χ2v) is 6.36. The molecule has 0 aliphatic carbocycles. The van der Waals surface area contributed by atoms with Gasteiger partial charge < -0.3 is 19.8 Å². The third-order valence-corrected chi connectivity index (χ3v) is 4.56. The Bertz CT molecular complexity index is 1130. The van der Waals surface area contributed by atoms with Crippen LogP contribution in [-0.4, -0.2) is 19.6 Å². The summed E-state index contributed by atoms with van der Waals surface area (Å²) in [6.07, 6.45) is 0. The van der Waals surface area contributed by atoms with Gasteiger partial charge in [0.05, 0.1) is 19.3 Å². The van der Waals surface area contributed by atoms with Crippen molar-refractivity contribution in [2.75, 3.05) is 24.3 Å². The third kappa shape index (κ3) is 3.31. The number of amides is 1. The number of anilines is 2. The molecule has 0 unspecified atom stereocenters. The zero-order valence-electron chi connectivity index (χ0n) is 15.2. The van der Waals surface area contributed by atoms with E-state index in [2.05, 4.69) is 10.6 Å². The Labute approximate surface area is 156 Å². The molecule has 5 nitrogen and oxygen atoms in total. The van der Waals surface area contributed by atoms with Crippen molar-refractivity contribution >= 4 is 39.2 Å². The van der Waals surface area contributed by atoms with E-state index in [1.807, 2.05) is 61.5 Å². The van der Waals surface area contributed by atoms with E-state index in [1.54, 1.807) is 13.2 Å². The first-order valence-corrected chi connectivity index (χ1v) is 8.74. The lowest BCUT2D eigenvalue weighted by molar-refractivity contribution is -0.114. The second-order valence-electron chi connectivity index (χ2n) is 6.36. The molecule has 0 radical (unpaired) electrons. The molecule has 1 heterocycles. The van der Waals surface area contributed by atoms with Gasteiger partial charge in [0.2, 0.25) is 5.91 Å². The summed E-state index contributed by atoms with van der Waals surface area (Å²) in [7, 11) is 1.59. The van der Waals surface area contributed by atoms with Gasteiger partial charge in [-0.3, -0.25) is 4.79 Å². The highest BCUT2D eigenvalue weighted by molar-refractivity contribution is 6.08. The quantitative estimate of drug-likeness (QED) is 0.528. The van der Waals surface area contributed by atoms with Crippen molar-refractivity contribution in [3.05, 3.63) is 66.2 Å². The third-order valence-electron chi connectivity index (χ3n) is 4.56. The minimum atomic E-state index is -0.160. The number of furan rings is 1. The fourth-order valence-corrected chi connectivity index (χ4v) is 3.16. The number of fused-ring (bicyclic) bond motifs is 3. The van der Waals surface area contributed by atoms with Crippen LogP contribution in [0.15, 0.2) is 65.1 Å². The maximum absolute atomic E-state index is 12.4. The van der Waals surface area contributed by atoms with Gasteiger partial charge in [-0.15, -0.1) is 0 Å². The van der Waals surface area contributed by atoms with E-state index >= 15 is 0 Å². The maximum Gasteiger partial charge on any atom is 0.243 e. The van der Waals surface area contributed by atoms with Gasteiger partial charge in [-0.05, 0) is 30.7 Å². The van der Waals surface area contributed by atoms with Crippen LogP contribution in [0.5, 0.6) is 5.75 Å². The molecule has 0 atom stereocenters. The maximum atomic E-state index is 12.4. The molecule has 0 spiro atoms. The van der Waals surface area contributed by atoms with Gasteiger partial charge in [0.1, 0.15) is 16.9 Å². The number of carbonyl (C=O) groups is 1. The first kappa shape index (κ1) is 17.0. The Hall–Kier alpha value is -3.47. The van der Waals surface area contributed by atoms with Gasteiger partial charge in [-0.2, -0.15) is 0 Å². The van der Waals surface area contributed by atoms with Gasteiger partial charge in [0, 0.05) is 22.5 Å². The van der Waals surface area contributed by atoms with E-state index in [-0.39, 0.29) is 12.5 Å². The second kappa shape index (κ2) is 7.03. The first-order chi connectivity index (χ1) is 13.2. The van der Waals surface area contributed by atoms with Crippen LogP contribution in [-0.2, 0) is 4.79 Å². The highest BCUT2D eigenvalue weighted by Crippen LogP contribution is 2.36. The Balaban J connectivity index is 1.58. The Kier molecular flexibility index (Phi) is 4.42. The molecule has 4 aromatic rings. The SMILES string of the molecule is COc1cc2c(cc1NC(=O)CNc1ccccc1C)oc1ccccc12. The highest BCUT2D eigenvalue weighted by atomic mass is 16.5. The Morgan fingerprint density at radius 2 is 1.74 bits per heavy atom. The first-order valence-electron chi connectivity index (χ1n) is 8.74. The van der Waals surface area contributed by atoms with E-state index in [1.165, 1.54) is 0 Å². The molecular formula is C22H20N2O3. The monoisotopic (exact) mass is 360 g/mol. The van der Waals surface area contributed by atoms with Crippen molar-refractivity contribution < 1.29 is 13.9 Å². The molecular weight excluding hydrogens is 340 g/mol. The number of aryl methyl sites for hydroxylation is 1. The van der Waals surface area contributed by atoms with Crippen LogP contribution in [0.4, 0.5) is 11.4 Å². The number of hydrogen-bond acceptors (Lipinski definition) is 4. The molecule has 136 valence electrons. The largest absolute Gasteiger partial charge is 0.495 e. The van der Waals surface area contributed by atoms with Crippen LogP contribution in [0.1, 0.15) is 5.56 Å². The average molecular weight is 360 g/mol. The molecule has 3 aromatic carbocycles. The van der Waals surface area contributed by atoms with Crippen molar-refractivity contribution in [1.29, 1.82) is 0 Å². The molecule has 1 aromatic heterocycles. The summed E-state index contributed by atoms with van der Waals surface area (Å²) in [5, 5.41) is 8.03.